The van der Waals surface area contributed by atoms with Crippen molar-refractivity contribution in [2.75, 3.05) is 0 Å². The van der Waals surface area contributed by atoms with Gasteiger partial charge < -0.3 is 5.11 Å². The largest absolute Gasteiger partial charge is 0.389 e. The van der Waals surface area contributed by atoms with E-state index in [0.717, 1.165) is 19.3 Å². The summed E-state index contributed by atoms with van der Waals surface area (Å²) in [4.78, 5) is 11.6. The van der Waals surface area contributed by atoms with E-state index in [4.69, 9.17) is 0 Å². The Labute approximate surface area is 96.6 Å². The van der Waals surface area contributed by atoms with Crippen molar-refractivity contribution in [2.24, 2.45) is 0 Å². The minimum absolute atomic E-state index is 0.0591. The van der Waals surface area contributed by atoms with Crippen LogP contribution in [0, 0.1) is 0 Å². The van der Waals surface area contributed by atoms with Crippen LogP contribution in [-0.2, 0) is 0 Å². The van der Waals surface area contributed by atoms with Crippen LogP contribution in [-0.4, -0.2) is 17.0 Å². The van der Waals surface area contributed by atoms with Gasteiger partial charge in [-0.05, 0) is 12.5 Å². The molecule has 0 amide bonds. The molecule has 1 aromatic rings. The van der Waals surface area contributed by atoms with E-state index in [0.29, 0.717) is 5.56 Å². The molecule has 86 valence electrons. The minimum Gasteiger partial charge on any atom is -0.389 e. The van der Waals surface area contributed by atoms with Crippen molar-refractivity contribution in [2.45, 2.75) is 32.3 Å². The number of hydrogen-bond acceptors (Lipinski definition) is 2. The Morgan fingerprint density at radius 2 is 2.06 bits per heavy atom. The lowest BCUT2D eigenvalue weighted by atomic mass is 10.1. The molecule has 0 heterocycles. The molecule has 0 aliphatic heterocycles. The fraction of sp³-hybridized carbons (Fsp3) is 0.357. The Morgan fingerprint density at radius 1 is 1.38 bits per heavy atom. The Hall–Kier alpha value is -1.41. The SMILES string of the molecule is CCCCC(O)C=CC(=O)c1ccccc1. The first kappa shape index (κ1) is 12.7. The fourth-order valence-corrected chi connectivity index (χ4v) is 1.41. The molecule has 0 saturated carbocycles. The minimum atomic E-state index is -0.507. The maximum absolute atomic E-state index is 11.6. The number of benzene rings is 1. The van der Waals surface area contributed by atoms with Gasteiger partial charge in [0, 0.05) is 5.56 Å². The molecule has 0 aromatic heterocycles. The number of aliphatic hydroxyl groups excluding tert-OH is 1. The average Bonchev–Trinajstić information content (AvgIpc) is 2.34. The summed E-state index contributed by atoms with van der Waals surface area (Å²) in [5.41, 5.74) is 0.654. The van der Waals surface area contributed by atoms with Gasteiger partial charge in [0.25, 0.3) is 0 Å². The van der Waals surface area contributed by atoms with Crippen LogP contribution in [0.5, 0.6) is 0 Å². The molecule has 0 aliphatic rings. The van der Waals surface area contributed by atoms with Crippen molar-refractivity contribution in [3.63, 3.8) is 0 Å². The molecular formula is C14H18O2. The van der Waals surface area contributed by atoms with Crippen LogP contribution < -0.4 is 0 Å². The van der Waals surface area contributed by atoms with Gasteiger partial charge in [-0.2, -0.15) is 0 Å². The zero-order valence-electron chi connectivity index (χ0n) is 9.60. The highest BCUT2D eigenvalue weighted by atomic mass is 16.3. The van der Waals surface area contributed by atoms with Crippen molar-refractivity contribution in [3.05, 3.63) is 48.0 Å². The molecule has 0 spiro atoms. The molecule has 0 aliphatic carbocycles. The summed E-state index contributed by atoms with van der Waals surface area (Å²) < 4.78 is 0. The van der Waals surface area contributed by atoms with E-state index >= 15 is 0 Å². The van der Waals surface area contributed by atoms with Crippen LogP contribution in [0.4, 0.5) is 0 Å². The zero-order valence-corrected chi connectivity index (χ0v) is 9.60. The number of rotatable bonds is 6. The quantitative estimate of drug-likeness (QED) is 0.588. The average molecular weight is 218 g/mol. The van der Waals surface area contributed by atoms with Crippen LogP contribution in [0.3, 0.4) is 0 Å². The van der Waals surface area contributed by atoms with Crippen LogP contribution in [0.15, 0.2) is 42.5 Å². The lowest BCUT2D eigenvalue weighted by Crippen LogP contribution is -2.03. The lowest BCUT2D eigenvalue weighted by Gasteiger charge is -2.02. The normalized spacial score (nSPS) is 12.9. The summed E-state index contributed by atoms with van der Waals surface area (Å²) in [7, 11) is 0. The molecule has 2 nitrogen and oxygen atoms in total. The summed E-state index contributed by atoms with van der Waals surface area (Å²) in [5, 5.41) is 9.54. The van der Waals surface area contributed by atoms with Gasteiger partial charge in [0.15, 0.2) is 5.78 Å². The Bertz CT molecular complexity index is 341. The van der Waals surface area contributed by atoms with Crippen molar-refractivity contribution in [3.8, 4) is 0 Å². The van der Waals surface area contributed by atoms with Crippen LogP contribution in [0.2, 0.25) is 0 Å². The van der Waals surface area contributed by atoms with E-state index in [-0.39, 0.29) is 5.78 Å². The van der Waals surface area contributed by atoms with Crippen LogP contribution in [0.1, 0.15) is 36.5 Å². The van der Waals surface area contributed by atoms with E-state index in [1.54, 1.807) is 18.2 Å². The third-order valence-electron chi connectivity index (χ3n) is 2.38. The van der Waals surface area contributed by atoms with Gasteiger partial charge in [0.05, 0.1) is 6.10 Å². The Kier molecular flexibility index (Phi) is 5.51. The molecule has 1 atom stereocenters. The standard InChI is InChI=1S/C14H18O2/c1-2-3-9-13(15)10-11-14(16)12-7-5-4-6-8-12/h4-8,10-11,13,15H,2-3,9H2,1H3. The van der Waals surface area contributed by atoms with Gasteiger partial charge >= 0.3 is 0 Å². The molecule has 0 saturated heterocycles. The second-order valence-corrected chi connectivity index (χ2v) is 3.80. The van der Waals surface area contributed by atoms with Gasteiger partial charge in [-0.1, -0.05) is 56.2 Å². The van der Waals surface area contributed by atoms with Crippen molar-refractivity contribution in [1.29, 1.82) is 0 Å². The second-order valence-electron chi connectivity index (χ2n) is 3.80. The maximum Gasteiger partial charge on any atom is 0.185 e. The summed E-state index contributed by atoms with van der Waals surface area (Å²) >= 11 is 0. The van der Waals surface area contributed by atoms with Crippen LogP contribution >= 0.6 is 0 Å². The summed E-state index contributed by atoms with van der Waals surface area (Å²) in [5.74, 6) is -0.0591. The molecule has 0 radical (unpaired) electrons. The smallest absolute Gasteiger partial charge is 0.185 e. The number of aliphatic hydroxyl groups is 1. The highest BCUT2D eigenvalue weighted by molar-refractivity contribution is 6.04. The maximum atomic E-state index is 11.6. The van der Waals surface area contributed by atoms with Gasteiger partial charge in [-0.25, -0.2) is 0 Å². The lowest BCUT2D eigenvalue weighted by molar-refractivity contribution is 0.104. The first-order valence-electron chi connectivity index (χ1n) is 5.69. The van der Waals surface area contributed by atoms with Crippen molar-refractivity contribution in [1.82, 2.24) is 0 Å². The first-order valence-corrected chi connectivity index (χ1v) is 5.69. The monoisotopic (exact) mass is 218 g/mol. The number of ketones is 1. The highest BCUT2D eigenvalue weighted by Crippen LogP contribution is 2.04. The number of carbonyl (C=O) groups is 1. The van der Waals surface area contributed by atoms with Gasteiger partial charge in [0.1, 0.15) is 0 Å². The molecule has 1 unspecified atom stereocenters. The predicted molar refractivity (Wildman–Crippen MR) is 65.4 cm³/mol. The molecule has 16 heavy (non-hydrogen) atoms. The number of hydrogen-bond donors (Lipinski definition) is 1. The molecule has 0 fully saturated rings. The topological polar surface area (TPSA) is 37.3 Å². The molecule has 1 N–H and O–H groups in total. The molecular weight excluding hydrogens is 200 g/mol. The van der Waals surface area contributed by atoms with E-state index < -0.39 is 6.10 Å². The van der Waals surface area contributed by atoms with Gasteiger partial charge in [-0.3, -0.25) is 4.79 Å². The Balaban J connectivity index is 2.48. The Morgan fingerprint density at radius 3 is 2.69 bits per heavy atom. The molecule has 1 aromatic carbocycles. The highest BCUT2D eigenvalue weighted by Gasteiger charge is 2.02. The number of unbranched alkanes of at least 4 members (excludes halogenated alkanes) is 1. The van der Waals surface area contributed by atoms with Gasteiger partial charge in [-0.15, -0.1) is 0 Å². The van der Waals surface area contributed by atoms with E-state index in [1.165, 1.54) is 6.08 Å². The van der Waals surface area contributed by atoms with E-state index in [1.807, 2.05) is 18.2 Å². The molecule has 2 heteroatoms. The van der Waals surface area contributed by atoms with Crippen molar-refractivity contribution >= 4 is 5.78 Å². The van der Waals surface area contributed by atoms with Gasteiger partial charge in [0.2, 0.25) is 0 Å². The molecule has 0 bridgehead atoms. The predicted octanol–water partition coefficient (Wildman–Crippen LogP) is 2.98. The second kappa shape index (κ2) is 6.96. The summed E-state index contributed by atoms with van der Waals surface area (Å²) in [6.07, 6.45) is 5.27. The van der Waals surface area contributed by atoms with E-state index in [9.17, 15) is 9.90 Å². The first-order chi connectivity index (χ1) is 7.74. The fourth-order valence-electron chi connectivity index (χ4n) is 1.41. The third kappa shape index (κ3) is 4.41. The number of allylic oxidation sites excluding steroid dienone is 1. The summed E-state index contributed by atoms with van der Waals surface area (Å²) in [6, 6.07) is 9.07. The third-order valence-corrected chi connectivity index (χ3v) is 2.38. The van der Waals surface area contributed by atoms with Crippen LogP contribution in [0.25, 0.3) is 0 Å². The van der Waals surface area contributed by atoms with Crippen molar-refractivity contribution < 1.29 is 9.90 Å². The zero-order chi connectivity index (χ0) is 11.8. The number of carbonyl (C=O) groups excluding carboxylic acids is 1. The summed E-state index contributed by atoms with van der Waals surface area (Å²) in [6.45, 7) is 2.07. The molecule has 1 rings (SSSR count). The van der Waals surface area contributed by atoms with E-state index in [2.05, 4.69) is 6.92 Å².